The molecule has 0 saturated carbocycles. The fourth-order valence-electron chi connectivity index (χ4n) is 2.41. The van der Waals surface area contributed by atoms with Crippen LogP contribution < -0.4 is 0 Å². The van der Waals surface area contributed by atoms with E-state index in [0.29, 0.717) is 5.69 Å². The molecule has 24 heavy (non-hydrogen) atoms. The molecular weight excluding hydrogens is 328 g/mol. The van der Waals surface area contributed by atoms with Crippen LogP contribution in [-0.2, 0) is 11.3 Å². The minimum Gasteiger partial charge on any atom is -0.456 e. The van der Waals surface area contributed by atoms with E-state index in [9.17, 15) is 14.4 Å². The molecule has 1 aliphatic rings. The Morgan fingerprint density at radius 3 is 2.75 bits per heavy atom. The highest BCUT2D eigenvalue weighted by molar-refractivity contribution is 7.09. The molecule has 1 aromatic heterocycles. The average molecular weight is 342 g/mol. The van der Waals surface area contributed by atoms with E-state index < -0.39 is 11.9 Å². The molecule has 2 aromatic rings. The van der Waals surface area contributed by atoms with Crippen molar-refractivity contribution in [3.63, 3.8) is 0 Å². The number of benzene rings is 1. The molecule has 0 aliphatic carbocycles. The topological polar surface area (TPSA) is 76.6 Å². The maximum absolute atomic E-state index is 12.3. The summed E-state index contributed by atoms with van der Waals surface area (Å²) in [7, 11) is 0. The molecule has 0 N–H and O–H groups in total. The Morgan fingerprint density at radius 2 is 2.08 bits per heavy atom. The van der Waals surface area contributed by atoms with Gasteiger partial charge in [-0.05, 0) is 25.1 Å². The quantitative estimate of drug-likeness (QED) is 0.474. The van der Waals surface area contributed by atoms with Crippen LogP contribution in [0.15, 0.2) is 36.2 Å². The fourth-order valence-corrected chi connectivity index (χ4v) is 3.01. The predicted molar refractivity (Wildman–Crippen MR) is 88.0 cm³/mol. The van der Waals surface area contributed by atoms with Crippen molar-refractivity contribution in [1.29, 1.82) is 0 Å². The van der Waals surface area contributed by atoms with Gasteiger partial charge in [0.05, 0.1) is 27.4 Å². The molecule has 0 radical (unpaired) electrons. The van der Waals surface area contributed by atoms with Crippen molar-refractivity contribution < 1.29 is 19.1 Å². The Hall–Kier alpha value is -2.80. The molecule has 0 fully saturated rings. The maximum atomic E-state index is 12.3. The van der Waals surface area contributed by atoms with Gasteiger partial charge in [-0.15, -0.1) is 17.9 Å². The number of fused-ring (bicyclic) bond motifs is 1. The zero-order chi connectivity index (χ0) is 17.3. The van der Waals surface area contributed by atoms with Gasteiger partial charge in [-0.3, -0.25) is 14.5 Å². The summed E-state index contributed by atoms with van der Waals surface area (Å²) < 4.78 is 5.20. The number of thiazole rings is 1. The third-order valence-corrected chi connectivity index (χ3v) is 4.36. The lowest BCUT2D eigenvalue weighted by Gasteiger charge is -2.09. The summed E-state index contributed by atoms with van der Waals surface area (Å²) in [5.74, 6) is -1.38. The van der Waals surface area contributed by atoms with Crippen molar-refractivity contribution in [2.45, 2.75) is 13.5 Å². The van der Waals surface area contributed by atoms with E-state index in [-0.39, 0.29) is 35.7 Å². The van der Waals surface area contributed by atoms with Crippen LogP contribution in [0.1, 0.15) is 41.8 Å². The normalized spacial score (nSPS) is 13.1. The SMILES string of the molecule is C=CCN1C(=O)c2ccc(C(=O)OCc3csc(C)n3)cc2C1=O. The van der Waals surface area contributed by atoms with Gasteiger partial charge in [0.2, 0.25) is 0 Å². The summed E-state index contributed by atoms with van der Waals surface area (Å²) >= 11 is 1.48. The summed E-state index contributed by atoms with van der Waals surface area (Å²) in [6, 6.07) is 4.35. The lowest BCUT2D eigenvalue weighted by molar-refractivity contribution is 0.0468. The number of amides is 2. The van der Waals surface area contributed by atoms with Crippen molar-refractivity contribution in [3.8, 4) is 0 Å². The highest BCUT2D eigenvalue weighted by atomic mass is 32.1. The molecule has 0 unspecified atom stereocenters. The first-order valence-corrected chi connectivity index (χ1v) is 8.08. The summed E-state index contributed by atoms with van der Waals surface area (Å²) in [6.07, 6.45) is 1.48. The molecule has 7 heteroatoms. The smallest absolute Gasteiger partial charge is 0.338 e. The number of nitrogens with zero attached hydrogens (tertiary/aromatic N) is 2. The maximum Gasteiger partial charge on any atom is 0.338 e. The van der Waals surface area contributed by atoms with E-state index in [1.807, 2.05) is 12.3 Å². The third kappa shape index (κ3) is 2.85. The van der Waals surface area contributed by atoms with Crippen LogP contribution in [0.5, 0.6) is 0 Å². The number of aryl methyl sites for hydroxylation is 1. The number of hydrogen-bond acceptors (Lipinski definition) is 6. The molecule has 0 atom stereocenters. The van der Waals surface area contributed by atoms with Gasteiger partial charge < -0.3 is 4.74 Å². The molecular formula is C17H14N2O4S. The highest BCUT2D eigenvalue weighted by Gasteiger charge is 2.35. The second-order valence-corrected chi connectivity index (χ2v) is 6.27. The number of hydrogen-bond donors (Lipinski definition) is 0. The second-order valence-electron chi connectivity index (χ2n) is 5.20. The van der Waals surface area contributed by atoms with Gasteiger partial charge >= 0.3 is 5.97 Å². The highest BCUT2D eigenvalue weighted by Crippen LogP contribution is 2.24. The standard InChI is InChI=1S/C17H14N2O4S/c1-3-6-19-15(20)13-5-4-11(7-14(13)16(19)21)17(22)23-8-12-9-24-10(2)18-12/h3-5,7,9H,1,6,8H2,2H3. The number of esters is 1. The lowest BCUT2D eigenvalue weighted by atomic mass is 10.1. The van der Waals surface area contributed by atoms with Crippen LogP contribution in [-0.4, -0.2) is 34.2 Å². The summed E-state index contributed by atoms with van der Waals surface area (Å²) in [5, 5.41) is 2.71. The zero-order valence-electron chi connectivity index (χ0n) is 12.9. The molecule has 2 heterocycles. The fraction of sp³-hybridized carbons (Fsp3) is 0.176. The van der Waals surface area contributed by atoms with Crippen LogP contribution in [0.3, 0.4) is 0 Å². The van der Waals surface area contributed by atoms with E-state index in [2.05, 4.69) is 11.6 Å². The Kier molecular flexibility index (Phi) is 4.26. The van der Waals surface area contributed by atoms with Gasteiger partial charge in [-0.1, -0.05) is 6.08 Å². The Morgan fingerprint density at radius 1 is 1.33 bits per heavy atom. The lowest BCUT2D eigenvalue weighted by Crippen LogP contribution is -2.29. The van der Waals surface area contributed by atoms with Crippen molar-refractivity contribution in [1.82, 2.24) is 9.88 Å². The van der Waals surface area contributed by atoms with E-state index >= 15 is 0 Å². The van der Waals surface area contributed by atoms with E-state index in [4.69, 9.17) is 4.74 Å². The summed E-state index contributed by atoms with van der Waals surface area (Å²) in [5.41, 5.74) is 1.40. The van der Waals surface area contributed by atoms with Crippen molar-refractivity contribution >= 4 is 29.1 Å². The molecule has 0 spiro atoms. The molecule has 1 aliphatic heterocycles. The minimum atomic E-state index is -0.564. The molecule has 1 aromatic carbocycles. The van der Waals surface area contributed by atoms with Crippen molar-refractivity contribution in [2.24, 2.45) is 0 Å². The summed E-state index contributed by atoms with van der Waals surface area (Å²) in [4.78, 5) is 41.8. The first-order valence-electron chi connectivity index (χ1n) is 7.20. The molecule has 122 valence electrons. The van der Waals surface area contributed by atoms with Gasteiger partial charge in [0.15, 0.2) is 0 Å². The van der Waals surface area contributed by atoms with E-state index in [1.54, 1.807) is 0 Å². The van der Waals surface area contributed by atoms with Crippen LogP contribution in [0.4, 0.5) is 0 Å². The minimum absolute atomic E-state index is 0.0652. The van der Waals surface area contributed by atoms with Crippen LogP contribution in [0.2, 0.25) is 0 Å². The van der Waals surface area contributed by atoms with Crippen molar-refractivity contribution in [3.05, 3.63) is 63.6 Å². The molecule has 0 saturated heterocycles. The number of ether oxygens (including phenoxy) is 1. The van der Waals surface area contributed by atoms with Gasteiger partial charge in [0.1, 0.15) is 6.61 Å². The monoisotopic (exact) mass is 342 g/mol. The molecule has 0 bridgehead atoms. The molecule has 3 rings (SSSR count). The Balaban J connectivity index is 1.77. The average Bonchev–Trinajstić information content (AvgIpc) is 3.10. The summed E-state index contributed by atoms with van der Waals surface area (Å²) in [6.45, 7) is 5.60. The zero-order valence-corrected chi connectivity index (χ0v) is 13.8. The molecule has 2 amide bonds. The van der Waals surface area contributed by atoms with Gasteiger partial charge in [0, 0.05) is 11.9 Å². The first-order chi connectivity index (χ1) is 11.5. The third-order valence-electron chi connectivity index (χ3n) is 3.54. The number of imide groups is 1. The van der Waals surface area contributed by atoms with Crippen LogP contribution in [0, 0.1) is 6.92 Å². The first kappa shape index (κ1) is 16.1. The predicted octanol–water partition coefficient (Wildman–Crippen LogP) is 2.59. The largest absolute Gasteiger partial charge is 0.456 e. The van der Waals surface area contributed by atoms with Gasteiger partial charge in [0.25, 0.3) is 11.8 Å². The van der Waals surface area contributed by atoms with Gasteiger partial charge in [-0.2, -0.15) is 0 Å². The Bertz CT molecular complexity index is 856. The van der Waals surface area contributed by atoms with Crippen LogP contribution >= 0.6 is 11.3 Å². The molecule has 6 nitrogen and oxygen atoms in total. The van der Waals surface area contributed by atoms with E-state index in [0.717, 1.165) is 9.91 Å². The second kappa shape index (κ2) is 6.37. The van der Waals surface area contributed by atoms with Crippen LogP contribution in [0.25, 0.3) is 0 Å². The van der Waals surface area contributed by atoms with Gasteiger partial charge in [-0.25, -0.2) is 9.78 Å². The van der Waals surface area contributed by atoms with E-state index in [1.165, 1.54) is 35.6 Å². The number of carbonyl (C=O) groups excluding carboxylic acids is 3. The number of rotatable bonds is 5. The Labute approximate surface area is 142 Å². The van der Waals surface area contributed by atoms with Crippen molar-refractivity contribution in [2.75, 3.05) is 6.54 Å². The number of carbonyl (C=O) groups is 3. The number of aromatic nitrogens is 1.